The second-order valence-electron chi connectivity index (χ2n) is 5.63. The third-order valence-corrected chi connectivity index (χ3v) is 4.11. The van der Waals surface area contributed by atoms with Crippen molar-refractivity contribution in [2.45, 2.75) is 26.8 Å². The molecule has 0 saturated heterocycles. The van der Waals surface area contributed by atoms with Crippen LogP contribution in [0.3, 0.4) is 0 Å². The summed E-state index contributed by atoms with van der Waals surface area (Å²) >= 11 is 0. The molecule has 3 rings (SSSR count). The van der Waals surface area contributed by atoms with E-state index in [2.05, 4.69) is 15.4 Å². The largest absolute Gasteiger partial charge is 0.361 e. The molecule has 0 aliphatic heterocycles. The number of nitrogens with zero attached hydrogens (tertiary/aromatic N) is 2. The van der Waals surface area contributed by atoms with Crippen LogP contribution in [-0.2, 0) is 24.8 Å². The molecule has 2 heterocycles. The Labute approximate surface area is 129 Å². The smallest absolute Gasteiger partial charge is 0.224 e. The lowest BCUT2D eigenvalue weighted by atomic mass is 10.1. The van der Waals surface area contributed by atoms with E-state index in [0.29, 0.717) is 13.0 Å². The highest BCUT2D eigenvalue weighted by atomic mass is 16.1. The molecule has 5 nitrogen and oxygen atoms in total. The standard InChI is InChI=1S/C17H20N4O/c1-11-15(12(2)21(3)20-11)10-19-17(22)9-13-4-5-14-6-7-18-16(14)8-13/h4-8,18H,9-10H2,1-3H3,(H,19,22). The van der Waals surface area contributed by atoms with Gasteiger partial charge < -0.3 is 10.3 Å². The number of hydrogen-bond acceptors (Lipinski definition) is 2. The zero-order valence-electron chi connectivity index (χ0n) is 13.1. The molecule has 0 atom stereocenters. The number of nitrogens with one attached hydrogen (secondary N) is 2. The number of aryl methyl sites for hydroxylation is 2. The van der Waals surface area contributed by atoms with Crippen LogP contribution in [0.2, 0.25) is 0 Å². The van der Waals surface area contributed by atoms with Gasteiger partial charge in [0.25, 0.3) is 0 Å². The van der Waals surface area contributed by atoms with E-state index in [4.69, 9.17) is 0 Å². The predicted molar refractivity (Wildman–Crippen MR) is 86.5 cm³/mol. The number of fused-ring (bicyclic) bond motifs is 1. The molecule has 114 valence electrons. The highest BCUT2D eigenvalue weighted by Gasteiger charge is 2.11. The minimum atomic E-state index is 0.0218. The number of carbonyl (C=O) groups is 1. The number of amides is 1. The first-order chi connectivity index (χ1) is 10.5. The Bertz CT molecular complexity index is 828. The molecular weight excluding hydrogens is 276 g/mol. The van der Waals surface area contributed by atoms with Gasteiger partial charge in [0.15, 0.2) is 0 Å². The lowest BCUT2D eigenvalue weighted by Gasteiger charge is -2.06. The Hall–Kier alpha value is -2.56. The Kier molecular flexibility index (Phi) is 3.71. The lowest BCUT2D eigenvalue weighted by Crippen LogP contribution is -2.25. The molecular formula is C17H20N4O. The van der Waals surface area contributed by atoms with Gasteiger partial charge in [-0.3, -0.25) is 9.48 Å². The fraction of sp³-hybridized carbons (Fsp3) is 0.294. The topological polar surface area (TPSA) is 62.7 Å². The van der Waals surface area contributed by atoms with Crippen LogP contribution in [0.25, 0.3) is 10.9 Å². The van der Waals surface area contributed by atoms with E-state index in [-0.39, 0.29) is 5.91 Å². The van der Waals surface area contributed by atoms with Gasteiger partial charge in [-0.25, -0.2) is 0 Å². The predicted octanol–water partition coefficient (Wildman–Crippen LogP) is 2.38. The van der Waals surface area contributed by atoms with Gasteiger partial charge in [-0.1, -0.05) is 12.1 Å². The summed E-state index contributed by atoms with van der Waals surface area (Å²) in [5.74, 6) is 0.0218. The van der Waals surface area contributed by atoms with Crippen LogP contribution < -0.4 is 5.32 Å². The Balaban J connectivity index is 1.64. The third-order valence-electron chi connectivity index (χ3n) is 4.11. The zero-order valence-corrected chi connectivity index (χ0v) is 13.1. The Morgan fingerprint density at radius 2 is 2.14 bits per heavy atom. The molecule has 0 unspecified atom stereocenters. The minimum absolute atomic E-state index is 0.0218. The third kappa shape index (κ3) is 2.74. The number of aromatic amines is 1. The van der Waals surface area contributed by atoms with Crippen molar-refractivity contribution in [1.29, 1.82) is 0 Å². The number of H-pyrrole nitrogens is 1. The van der Waals surface area contributed by atoms with Gasteiger partial charge in [0.2, 0.25) is 5.91 Å². The van der Waals surface area contributed by atoms with Gasteiger partial charge in [0, 0.05) is 36.6 Å². The quantitative estimate of drug-likeness (QED) is 0.776. The summed E-state index contributed by atoms with van der Waals surface area (Å²) in [7, 11) is 1.92. The number of carbonyl (C=O) groups excluding carboxylic acids is 1. The summed E-state index contributed by atoms with van der Waals surface area (Å²) in [6, 6.07) is 8.07. The molecule has 0 aliphatic carbocycles. The molecule has 5 heteroatoms. The van der Waals surface area contributed by atoms with Crippen molar-refractivity contribution in [2.24, 2.45) is 7.05 Å². The van der Waals surface area contributed by atoms with E-state index < -0.39 is 0 Å². The Morgan fingerprint density at radius 1 is 1.32 bits per heavy atom. The van der Waals surface area contributed by atoms with Crippen molar-refractivity contribution in [3.8, 4) is 0 Å². The van der Waals surface area contributed by atoms with Crippen molar-refractivity contribution in [3.05, 3.63) is 53.0 Å². The Morgan fingerprint density at radius 3 is 2.86 bits per heavy atom. The molecule has 3 aromatic rings. The SMILES string of the molecule is Cc1nn(C)c(C)c1CNC(=O)Cc1ccc2cc[nH]c2c1. The molecule has 22 heavy (non-hydrogen) atoms. The van der Waals surface area contributed by atoms with Gasteiger partial charge >= 0.3 is 0 Å². The number of hydrogen-bond donors (Lipinski definition) is 2. The maximum Gasteiger partial charge on any atom is 0.224 e. The maximum atomic E-state index is 12.1. The maximum absolute atomic E-state index is 12.1. The van der Waals surface area contributed by atoms with Crippen LogP contribution in [0.4, 0.5) is 0 Å². The summed E-state index contributed by atoms with van der Waals surface area (Å²) in [6.07, 6.45) is 2.29. The molecule has 0 fully saturated rings. The van der Waals surface area contributed by atoms with Crippen molar-refractivity contribution < 1.29 is 4.79 Å². The average molecular weight is 296 g/mol. The van der Waals surface area contributed by atoms with Gasteiger partial charge in [0.1, 0.15) is 0 Å². The van der Waals surface area contributed by atoms with E-state index in [1.165, 1.54) is 0 Å². The van der Waals surface area contributed by atoms with E-state index in [1.807, 2.05) is 56.0 Å². The molecule has 0 spiro atoms. The lowest BCUT2D eigenvalue weighted by molar-refractivity contribution is -0.120. The van der Waals surface area contributed by atoms with Crippen LogP contribution >= 0.6 is 0 Å². The zero-order chi connectivity index (χ0) is 15.7. The summed E-state index contributed by atoms with van der Waals surface area (Å²) in [5.41, 5.74) is 5.21. The minimum Gasteiger partial charge on any atom is -0.361 e. The van der Waals surface area contributed by atoms with Crippen molar-refractivity contribution in [3.63, 3.8) is 0 Å². The van der Waals surface area contributed by atoms with E-state index >= 15 is 0 Å². The highest BCUT2D eigenvalue weighted by Crippen LogP contribution is 2.15. The van der Waals surface area contributed by atoms with Gasteiger partial charge in [-0.15, -0.1) is 0 Å². The van der Waals surface area contributed by atoms with E-state index in [0.717, 1.165) is 33.4 Å². The van der Waals surface area contributed by atoms with E-state index in [9.17, 15) is 4.79 Å². The summed E-state index contributed by atoms with van der Waals surface area (Å²) in [6.45, 7) is 4.50. The van der Waals surface area contributed by atoms with Crippen LogP contribution in [0.15, 0.2) is 30.5 Å². The van der Waals surface area contributed by atoms with Crippen molar-refractivity contribution >= 4 is 16.8 Å². The number of rotatable bonds is 4. The van der Waals surface area contributed by atoms with Crippen LogP contribution in [0.1, 0.15) is 22.5 Å². The van der Waals surface area contributed by atoms with Gasteiger partial charge in [-0.2, -0.15) is 5.10 Å². The first-order valence-electron chi connectivity index (χ1n) is 7.36. The molecule has 0 bridgehead atoms. The van der Waals surface area contributed by atoms with Crippen molar-refractivity contribution in [2.75, 3.05) is 0 Å². The van der Waals surface area contributed by atoms with Gasteiger partial charge in [-0.05, 0) is 36.9 Å². The normalized spacial score (nSPS) is 11.0. The fourth-order valence-electron chi connectivity index (χ4n) is 2.71. The monoisotopic (exact) mass is 296 g/mol. The molecule has 1 aromatic carbocycles. The molecule has 0 aliphatic rings. The van der Waals surface area contributed by atoms with E-state index in [1.54, 1.807) is 0 Å². The fourth-order valence-corrected chi connectivity index (χ4v) is 2.71. The molecule has 0 saturated carbocycles. The summed E-state index contributed by atoms with van der Waals surface area (Å²) < 4.78 is 1.84. The summed E-state index contributed by atoms with van der Waals surface area (Å²) in [5, 5.41) is 8.50. The van der Waals surface area contributed by atoms with Crippen LogP contribution in [0, 0.1) is 13.8 Å². The van der Waals surface area contributed by atoms with Crippen LogP contribution in [0.5, 0.6) is 0 Å². The summed E-state index contributed by atoms with van der Waals surface area (Å²) in [4.78, 5) is 15.3. The number of benzene rings is 1. The molecule has 0 radical (unpaired) electrons. The van der Waals surface area contributed by atoms with Crippen molar-refractivity contribution in [1.82, 2.24) is 20.1 Å². The van der Waals surface area contributed by atoms with Gasteiger partial charge in [0.05, 0.1) is 12.1 Å². The molecule has 2 N–H and O–H groups in total. The average Bonchev–Trinajstić information content (AvgIpc) is 3.02. The first kappa shape index (κ1) is 14.4. The first-order valence-corrected chi connectivity index (χ1v) is 7.36. The highest BCUT2D eigenvalue weighted by molar-refractivity contribution is 5.83. The van der Waals surface area contributed by atoms with Crippen LogP contribution in [-0.4, -0.2) is 20.7 Å². The second kappa shape index (κ2) is 5.67. The number of aromatic nitrogens is 3. The molecule has 1 amide bonds. The second-order valence-corrected chi connectivity index (χ2v) is 5.63. The molecule has 2 aromatic heterocycles.